The van der Waals surface area contributed by atoms with Crippen LogP contribution < -0.4 is 9.47 Å². The quantitative estimate of drug-likeness (QED) is 0.510. The highest BCUT2D eigenvalue weighted by atomic mass is 16.7. The van der Waals surface area contributed by atoms with Crippen molar-refractivity contribution in [3.05, 3.63) is 23.8 Å². The summed E-state index contributed by atoms with van der Waals surface area (Å²) in [6.07, 6.45) is -5.83. The lowest BCUT2D eigenvalue weighted by molar-refractivity contribution is -0.277. The Morgan fingerprint density at radius 3 is 2.48 bits per heavy atom. The van der Waals surface area contributed by atoms with Gasteiger partial charge in [-0.25, -0.2) is 0 Å². The van der Waals surface area contributed by atoms with Gasteiger partial charge < -0.3 is 39.4 Å². The van der Waals surface area contributed by atoms with E-state index in [4.69, 9.17) is 14.2 Å². The van der Waals surface area contributed by atoms with E-state index >= 15 is 0 Å². The fraction of sp³-hybridized carbons (Fsp3) is 0.588. The molecule has 0 bridgehead atoms. The van der Waals surface area contributed by atoms with Crippen LogP contribution in [0.15, 0.2) is 18.2 Å². The number of Topliss-reactive ketones (excluding diaryl/α,β-unsaturated/α-hetero) is 1. The molecule has 0 saturated carbocycles. The normalized spacial score (nSPS) is 29.3. The Hall–Kier alpha value is -1.71. The van der Waals surface area contributed by atoms with E-state index < -0.39 is 37.3 Å². The van der Waals surface area contributed by atoms with Gasteiger partial charge in [-0.3, -0.25) is 0 Å². The lowest BCUT2D eigenvalue weighted by Gasteiger charge is -2.39. The topological polar surface area (TPSA) is 126 Å². The van der Waals surface area contributed by atoms with Gasteiger partial charge in [-0.1, -0.05) is 6.07 Å². The largest absolute Gasteiger partial charge is 0.493 e. The van der Waals surface area contributed by atoms with E-state index in [1.807, 2.05) is 0 Å². The number of aliphatic hydroxyl groups excluding tert-OH is 4. The number of ether oxygens (including phenoxy) is 3. The van der Waals surface area contributed by atoms with E-state index in [0.717, 1.165) is 5.56 Å². The molecule has 1 saturated heterocycles. The van der Waals surface area contributed by atoms with Crippen LogP contribution >= 0.6 is 0 Å². The average molecular weight is 356 g/mol. The molecule has 0 radical (unpaired) electrons. The number of carbonyl (C=O) groups excluding carboxylic acids is 1. The predicted octanol–water partition coefficient (Wildman–Crippen LogP) is -0.605. The van der Waals surface area contributed by atoms with Crippen molar-refractivity contribution in [2.45, 2.75) is 50.5 Å². The molecule has 2 rings (SSSR count). The molecule has 25 heavy (non-hydrogen) atoms. The summed E-state index contributed by atoms with van der Waals surface area (Å²) in [5, 5.41) is 38.8. The van der Waals surface area contributed by atoms with Crippen LogP contribution in [0.5, 0.6) is 11.5 Å². The van der Waals surface area contributed by atoms with E-state index in [0.29, 0.717) is 18.6 Å². The number of rotatable bonds is 7. The molecule has 1 aromatic rings. The van der Waals surface area contributed by atoms with Gasteiger partial charge in [-0.2, -0.15) is 0 Å². The minimum Gasteiger partial charge on any atom is -0.493 e. The van der Waals surface area contributed by atoms with E-state index in [-0.39, 0.29) is 11.5 Å². The molecule has 0 aromatic heterocycles. The van der Waals surface area contributed by atoms with E-state index in [2.05, 4.69) is 0 Å². The minimum atomic E-state index is -1.52. The van der Waals surface area contributed by atoms with Crippen molar-refractivity contribution in [1.82, 2.24) is 0 Å². The first-order chi connectivity index (χ1) is 11.9. The molecule has 1 aliphatic rings. The first kappa shape index (κ1) is 19.6. The molecule has 8 nitrogen and oxygen atoms in total. The Morgan fingerprint density at radius 1 is 1.16 bits per heavy atom. The van der Waals surface area contributed by atoms with Gasteiger partial charge in [0.1, 0.15) is 30.2 Å². The third-order valence-electron chi connectivity index (χ3n) is 4.09. The summed E-state index contributed by atoms with van der Waals surface area (Å²) >= 11 is 0. The summed E-state index contributed by atoms with van der Waals surface area (Å²) in [6, 6.07) is 5.07. The third kappa shape index (κ3) is 4.68. The average Bonchev–Trinajstić information content (AvgIpc) is 2.60. The summed E-state index contributed by atoms with van der Waals surface area (Å²) in [7, 11) is 1.45. The Kier molecular flexibility index (Phi) is 6.74. The summed E-state index contributed by atoms with van der Waals surface area (Å²) in [4.78, 5) is 11.1. The summed E-state index contributed by atoms with van der Waals surface area (Å²) < 4.78 is 16.1. The van der Waals surface area contributed by atoms with Crippen LogP contribution in [-0.4, -0.2) is 70.6 Å². The van der Waals surface area contributed by atoms with Gasteiger partial charge in [0.15, 0.2) is 11.5 Å². The smallest absolute Gasteiger partial charge is 0.229 e. The van der Waals surface area contributed by atoms with Gasteiger partial charge in [-0.15, -0.1) is 0 Å². The predicted molar refractivity (Wildman–Crippen MR) is 86.4 cm³/mol. The molecule has 140 valence electrons. The van der Waals surface area contributed by atoms with Crippen LogP contribution in [0, 0.1) is 0 Å². The molecule has 1 aromatic carbocycles. The van der Waals surface area contributed by atoms with Crippen molar-refractivity contribution in [2.24, 2.45) is 0 Å². The maximum atomic E-state index is 11.1. The molecular formula is C17H24O8. The number of aliphatic hydroxyl groups is 4. The second-order valence-electron chi connectivity index (χ2n) is 6.00. The second kappa shape index (κ2) is 8.59. The zero-order valence-electron chi connectivity index (χ0n) is 14.2. The number of ketones is 1. The molecule has 1 aliphatic heterocycles. The second-order valence-corrected chi connectivity index (χ2v) is 6.00. The monoisotopic (exact) mass is 356 g/mol. The van der Waals surface area contributed by atoms with E-state index in [9.17, 15) is 25.2 Å². The molecule has 0 spiro atoms. The molecule has 1 heterocycles. The summed E-state index contributed by atoms with van der Waals surface area (Å²) in [5.41, 5.74) is 0.883. The van der Waals surface area contributed by atoms with Crippen LogP contribution in [0.3, 0.4) is 0 Å². The van der Waals surface area contributed by atoms with Crippen LogP contribution in [-0.2, 0) is 16.0 Å². The van der Waals surface area contributed by atoms with Crippen molar-refractivity contribution in [2.75, 3.05) is 13.7 Å². The summed E-state index contributed by atoms with van der Waals surface area (Å²) in [5.74, 6) is 0.719. The van der Waals surface area contributed by atoms with Crippen LogP contribution in [0.2, 0.25) is 0 Å². The van der Waals surface area contributed by atoms with Gasteiger partial charge in [0.2, 0.25) is 6.29 Å². The van der Waals surface area contributed by atoms with Gasteiger partial charge in [-0.05, 0) is 31.0 Å². The Balaban J connectivity index is 2.14. The highest BCUT2D eigenvalue weighted by molar-refractivity contribution is 5.75. The fourth-order valence-electron chi connectivity index (χ4n) is 2.58. The number of hydrogen-bond donors (Lipinski definition) is 4. The number of methoxy groups -OCH3 is 1. The Labute approximate surface area is 145 Å². The molecule has 0 unspecified atom stereocenters. The van der Waals surface area contributed by atoms with Gasteiger partial charge in [0.25, 0.3) is 0 Å². The standard InChI is InChI=1S/C17H24O8/c1-9(19)3-4-10-5-6-11(12(7-10)23-2)24-17-16(22)15(21)14(20)13(8-18)25-17/h5-7,13-18,20-22H,3-4,8H2,1-2H3/t13-,14-,15+,16-,17-/m1/s1. The third-order valence-corrected chi connectivity index (χ3v) is 4.09. The molecule has 0 aliphatic carbocycles. The van der Waals surface area contributed by atoms with Crippen LogP contribution in [0.25, 0.3) is 0 Å². The van der Waals surface area contributed by atoms with Crippen LogP contribution in [0.4, 0.5) is 0 Å². The zero-order valence-corrected chi connectivity index (χ0v) is 14.2. The van der Waals surface area contributed by atoms with Gasteiger partial charge in [0.05, 0.1) is 13.7 Å². The number of benzene rings is 1. The molecular weight excluding hydrogens is 332 g/mol. The summed E-state index contributed by atoms with van der Waals surface area (Å²) in [6.45, 7) is 0.986. The number of aryl methyl sites for hydroxylation is 1. The SMILES string of the molecule is COc1cc(CCC(C)=O)ccc1O[C@@H]1O[C@H](CO)[C@@H](O)[C@H](O)[C@H]1O. The highest BCUT2D eigenvalue weighted by Gasteiger charge is 2.44. The Bertz CT molecular complexity index is 588. The number of hydrogen-bond acceptors (Lipinski definition) is 8. The molecule has 0 amide bonds. The number of carbonyl (C=O) groups is 1. The van der Waals surface area contributed by atoms with Crippen LogP contribution in [0.1, 0.15) is 18.9 Å². The lowest BCUT2D eigenvalue weighted by Crippen LogP contribution is -2.60. The maximum Gasteiger partial charge on any atom is 0.229 e. The minimum absolute atomic E-state index is 0.0839. The van der Waals surface area contributed by atoms with Crippen molar-refractivity contribution < 1.29 is 39.4 Å². The van der Waals surface area contributed by atoms with Crippen molar-refractivity contribution in [1.29, 1.82) is 0 Å². The lowest BCUT2D eigenvalue weighted by atomic mass is 9.99. The van der Waals surface area contributed by atoms with E-state index in [1.54, 1.807) is 18.2 Å². The maximum absolute atomic E-state index is 11.1. The van der Waals surface area contributed by atoms with Crippen molar-refractivity contribution >= 4 is 5.78 Å². The molecule has 8 heteroatoms. The Morgan fingerprint density at radius 2 is 1.88 bits per heavy atom. The highest BCUT2D eigenvalue weighted by Crippen LogP contribution is 2.32. The fourth-order valence-corrected chi connectivity index (χ4v) is 2.58. The first-order valence-corrected chi connectivity index (χ1v) is 8.01. The van der Waals surface area contributed by atoms with Gasteiger partial charge in [0, 0.05) is 6.42 Å². The van der Waals surface area contributed by atoms with Gasteiger partial charge >= 0.3 is 0 Å². The van der Waals surface area contributed by atoms with Crippen molar-refractivity contribution in [3.63, 3.8) is 0 Å². The first-order valence-electron chi connectivity index (χ1n) is 8.01. The molecule has 5 atom stereocenters. The molecule has 4 N–H and O–H groups in total. The van der Waals surface area contributed by atoms with Crippen molar-refractivity contribution in [3.8, 4) is 11.5 Å². The molecule has 1 fully saturated rings. The zero-order chi connectivity index (χ0) is 18.6. The van der Waals surface area contributed by atoms with E-state index in [1.165, 1.54) is 14.0 Å².